The normalized spacial score (nSPS) is 15.8. The Morgan fingerprint density at radius 2 is 2.18 bits per heavy atom. The van der Waals surface area contributed by atoms with Crippen molar-refractivity contribution < 1.29 is 4.74 Å². The molecule has 1 aliphatic carbocycles. The molecule has 0 saturated heterocycles. The van der Waals surface area contributed by atoms with Crippen molar-refractivity contribution in [2.24, 2.45) is 0 Å². The van der Waals surface area contributed by atoms with Gasteiger partial charge in [-0.05, 0) is 26.0 Å². The lowest BCUT2D eigenvalue weighted by Crippen LogP contribution is -2.23. The van der Waals surface area contributed by atoms with Crippen LogP contribution in [-0.4, -0.2) is 19.7 Å². The maximum absolute atomic E-state index is 5.26. The van der Waals surface area contributed by atoms with Gasteiger partial charge in [0.1, 0.15) is 6.33 Å². The maximum atomic E-state index is 5.26. The lowest BCUT2D eigenvalue weighted by molar-refractivity contribution is 0.397. The average Bonchev–Trinajstić information content (AvgIpc) is 3.11. The summed E-state index contributed by atoms with van der Waals surface area (Å²) in [5.41, 5.74) is 2.10. The number of aromatic nitrogens is 4. The highest BCUT2D eigenvalue weighted by atomic mass is 32.1. The van der Waals surface area contributed by atoms with E-state index in [0.717, 1.165) is 31.9 Å². The van der Waals surface area contributed by atoms with Crippen LogP contribution in [0.3, 0.4) is 0 Å². The lowest BCUT2D eigenvalue weighted by Gasteiger charge is -2.07. The Balaban J connectivity index is 1.98. The monoisotopic (exact) mass is 310 g/mol. The van der Waals surface area contributed by atoms with Gasteiger partial charge in [-0.25, -0.2) is 14.6 Å². The molecule has 2 aromatic rings. The fourth-order valence-electron chi connectivity index (χ4n) is 2.48. The third-order valence-corrected chi connectivity index (χ3v) is 4.52. The zero-order valence-corrected chi connectivity index (χ0v) is 13.0. The second kappa shape index (κ2) is 5.06. The van der Waals surface area contributed by atoms with Crippen LogP contribution >= 0.6 is 11.3 Å². The van der Waals surface area contributed by atoms with E-state index < -0.39 is 0 Å². The molecule has 1 aliphatic heterocycles. The number of ether oxygens (including phenoxy) is 1. The van der Waals surface area contributed by atoms with E-state index in [9.17, 15) is 0 Å². The Bertz CT molecular complexity index is 943. The van der Waals surface area contributed by atoms with E-state index >= 15 is 0 Å². The molecule has 0 atom stereocenters. The van der Waals surface area contributed by atoms with Gasteiger partial charge in [-0.3, -0.25) is 0 Å². The SMILES string of the molecule is CC(C)n1ncnc1-c1nc2c(s1)=CC=CC1=COC=CC=21. The number of thiazole rings is 1. The molecule has 2 aromatic heterocycles. The molecule has 0 aromatic carbocycles. The van der Waals surface area contributed by atoms with Crippen molar-refractivity contribution in [1.29, 1.82) is 0 Å². The van der Waals surface area contributed by atoms with Crippen LogP contribution in [0.2, 0.25) is 0 Å². The van der Waals surface area contributed by atoms with Gasteiger partial charge in [0.25, 0.3) is 0 Å². The second-order valence-electron chi connectivity index (χ2n) is 5.31. The first-order chi connectivity index (χ1) is 10.7. The highest BCUT2D eigenvalue weighted by molar-refractivity contribution is 7.12. The zero-order valence-electron chi connectivity index (χ0n) is 12.2. The third-order valence-electron chi connectivity index (χ3n) is 3.50. The van der Waals surface area contributed by atoms with Crippen LogP contribution in [-0.2, 0) is 4.74 Å². The van der Waals surface area contributed by atoms with Gasteiger partial charge in [0.05, 0.1) is 22.4 Å². The molecule has 6 heteroatoms. The quantitative estimate of drug-likeness (QED) is 0.850. The van der Waals surface area contributed by atoms with Crippen molar-refractivity contribution in [2.75, 3.05) is 0 Å². The largest absolute Gasteiger partial charge is 0.472 e. The molecular formula is C16H14N4OS. The Morgan fingerprint density at radius 1 is 1.27 bits per heavy atom. The van der Waals surface area contributed by atoms with E-state index in [2.05, 4.69) is 30.0 Å². The molecule has 0 N–H and O–H groups in total. The Labute approximate surface area is 131 Å². The van der Waals surface area contributed by atoms with E-state index in [1.165, 1.54) is 0 Å². The van der Waals surface area contributed by atoms with Gasteiger partial charge in [-0.2, -0.15) is 5.10 Å². The fraction of sp³-hybridized carbons (Fsp3) is 0.188. The van der Waals surface area contributed by atoms with Crippen molar-refractivity contribution in [1.82, 2.24) is 19.7 Å². The average molecular weight is 310 g/mol. The number of fused-ring (bicyclic) bond motifs is 2. The number of nitrogens with zero attached hydrogens (tertiary/aromatic N) is 4. The molecule has 110 valence electrons. The molecule has 0 amide bonds. The first-order valence-corrected chi connectivity index (χ1v) is 7.87. The standard InChI is InChI=1S/C16H14N4OS/c1-10(2)20-15(17-9-18-20)16-19-14-12-6-7-21-8-11(12)4-3-5-13(14)22-16/h3-10H,1-2H3. The van der Waals surface area contributed by atoms with Gasteiger partial charge in [-0.1, -0.05) is 12.2 Å². The van der Waals surface area contributed by atoms with Gasteiger partial charge in [-0.15, -0.1) is 11.3 Å². The molecular weight excluding hydrogens is 296 g/mol. The predicted octanol–water partition coefficient (Wildman–Crippen LogP) is 1.91. The summed E-state index contributed by atoms with van der Waals surface area (Å²) in [6.45, 7) is 4.17. The van der Waals surface area contributed by atoms with Crippen LogP contribution in [0.1, 0.15) is 19.9 Å². The summed E-state index contributed by atoms with van der Waals surface area (Å²) in [6, 6.07) is 0.246. The summed E-state index contributed by atoms with van der Waals surface area (Å²) in [5.74, 6) is 0.813. The van der Waals surface area contributed by atoms with Crippen molar-refractivity contribution in [3.63, 3.8) is 0 Å². The van der Waals surface area contributed by atoms with Crippen molar-refractivity contribution >= 4 is 23.0 Å². The molecule has 0 unspecified atom stereocenters. The molecule has 22 heavy (non-hydrogen) atoms. The minimum absolute atomic E-state index is 0.246. The van der Waals surface area contributed by atoms with Gasteiger partial charge >= 0.3 is 0 Å². The minimum Gasteiger partial charge on any atom is -0.472 e. The Hall–Kier alpha value is -2.47. The van der Waals surface area contributed by atoms with Gasteiger partial charge in [0.2, 0.25) is 0 Å². The van der Waals surface area contributed by atoms with Crippen LogP contribution in [0.5, 0.6) is 0 Å². The first-order valence-electron chi connectivity index (χ1n) is 7.06. The van der Waals surface area contributed by atoms with E-state index in [1.54, 1.807) is 30.2 Å². The smallest absolute Gasteiger partial charge is 0.187 e. The van der Waals surface area contributed by atoms with Crippen LogP contribution in [0, 0.1) is 0 Å². The summed E-state index contributed by atoms with van der Waals surface area (Å²) >= 11 is 1.63. The third kappa shape index (κ3) is 2.03. The van der Waals surface area contributed by atoms with Crippen LogP contribution in [0.25, 0.3) is 22.5 Å². The van der Waals surface area contributed by atoms with E-state index in [-0.39, 0.29) is 6.04 Å². The van der Waals surface area contributed by atoms with E-state index in [0.29, 0.717) is 0 Å². The van der Waals surface area contributed by atoms with Crippen molar-refractivity contribution in [3.8, 4) is 10.8 Å². The Kier molecular flexibility index (Phi) is 3.04. The summed E-state index contributed by atoms with van der Waals surface area (Å²) in [5, 5.41) is 6.14. The minimum atomic E-state index is 0.246. The van der Waals surface area contributed by atoms with Crippen LogP contribution in [0.15, 0.2) is 42.7 Å². The molecule has 0 spiro atoms. The second-order valence-corrected chi connectivity index (χ2v) is 6.34. The molecule has 2 aliphatic rings. The highest BCUT2D eigenvalue weighted by Crippen LogP contribution is 2.22. The molecule has 0 radical (unpaired) electrons. The van der Waals surface area contributed by atoms with Crippen molar-refractivity contribution in [2.45, 2.75) is 19.9 Å². The van der Waals surface area contributed by atoms with E-state index in [1.807, 2.05) is 22.9 Å². The zero-order chi connectivity index (χ0) is 15.1. The summed E-state index contributed by atoms with van der Waals surface area (Å²) in [7, 11) is 0. The Morgan fingerprint density at radius 3 is 3.05 bits per heavy atom. The van der Waals surface area contributed by atoms with Crippen molar-refractivity contribution in [3.05, 3.63) is 52.5 Å². The van der Waals surface area contributed by atoms with Gasteiger partial charge in [0.15, 0.2) is 10.8 Å². The van der Waals surface area contributed by atoms with Crippen LogP contribution in [0.4, 0.5) is 0 Å². The topological polar surface area (TPSA) is 52.8 Å². The molecule has 0 fully saturated rings. The van der Waals surface area contributed by atoms with Crippen LogP contribution < -0.4 is 9.88 Å². The molecule has 5 nitrogen and oxygen atoms in total. The van der Waals surface area contributed by atoms with Gasteiger partial charge in [0, 0.05) is 17.2 Å². The summed E-state index contributed by atoms with van der Waals surface area (Å²) < 4.78 is 8.28. The first kappa shape index (κ1) is 13.2. The fourth-order valence-corrected chi connectivity index (χ4v) is 3.46. The number of hydrogen-bond donors (Lipinski definition) is 0. The molecule has 3 heterocycles. The summed E-state index contributed by atoms with van der Waals surface area (Å²) in [6.07, 6.45) is 13.1. The predicted molar refractivity (Wildman–Crippen MR) is 86.1 cm³/mol. The number of rotatable bonds is 2. The number of hydrogen-bond acceptors (Lipinski definition) is 5. The lowest BCUT2D eigenvalue weighted by atomic mass is 10.1. The number of allylic oxidation sites excluding steroid dienone is 4. The molecule has 0 saturated carbocycles. The van der Waals surface area contributed by atoms with E-state index in [4.69, 9.17) is 9.72 Å². The molecule has 0 bridgehead atoms. The molecule has 4 rings (SSSR count). The maximum Gasteiger partial charge on any atom is 0.187 e. The highest BCUT2D eigenvalue weighted by Gasteiger charge is 2.16. The van der Waals surface area contributed by atoms with Gasteiger partial charge < -0.3 is 4.74 Å². The summed E-state index contributed by atoms with van der Waals surface area (Å²) in [4.78, 5) is 9.20.